The van der Waals surface area contributed by atoms with Crippen molar-refractivity contribution >= 4 is 17.2 Å². The molecule has 106 valence electrons. The van der Waals surface area contributed by atoms with Gasteiger partial charge < -0.3 is 15.2 Å². The first-order chi connectivity index (χ1) is 9.69. The van der Waals surface area contributed by atoms with E-state index in [-0.39, 0.29) is 18.6 Å². The third kappa shape index (κ3) is 4.04. The smallest absolute Gasteiger partial charge is 0.251 e. The van der Waals surface area contributed by atoms with Gasteiger partial charge in [0.05, 0.1) is 17.8 Å². The van der Waals surface area contributed by atoms with Crippen LogP contribution < -0.4 is 10.1 Å². The number of amides is 1. The summed E-state index contributed by atoms with van der Waals surface area (Å²) in [6.07, 6.45) is 0. The maximum absolute atomic E-state index is 11.9. The van der Waals surface area contributed by atoms with Crippen LogP contribution in [0.5, 0.6) is 5.75 Å². The Morgan fingerprint density at radius 3 is 3.10 bits per heavy atom. The van der Waals surface area contributed by atoms with E-state index in [0.29, 0.717) is 17.9 Å². The number of hydrogen-bond donors (Lipinski definition) is 2. The summed E-state index contributed by atoms with van der Waals surface area (Å²) in [6, 6.07) is 6.65. The summed E-state index contributed by atoms with van der Waals surface area (Å²) in [6.45, 7) is 2.02. The molecule has 1 heterocycles. The van der Waals surface area contributed by atoms with Gasteiger partial charge in [0.2, 0.25) is 0 Å². The Hall–Kier alpha value is -1.92. The van der Waals surface area contributed by atoms with E-state index < -0.39 is 0 Å². The van der Waals surface area contributed by atoms with Crippen LogP contribution in [0, 0.1) is 0 Å². The minimum Gasteiger partial charge on any atom is -0.487 e. The van der Waals surface area contributed by atoms with Gasteiger partial charge in [-0.25, -0.2) is 4.98 Å². The zero-order chi connectivity index (χ0) is 14.4. The number of aliphatic hydroxyl groups is 1. The van der Waals surface area contributed by atoms with Crippen LogP contribution >= 0.6 is 11.3 Å². The Morgan fingerprint density at radius 2 is 2.40 bits per heavy atom. The van der Waals surface area contributed by atoms with E-state index in [2.05, 4.69) is 10.3 Å². The zero-order valence-electron chi connectivity index (χ0n) is 11.1. The monoisotopic (exact) mass is 292 g/mol. The molecule has 0 bridgehead atoms. The van der Waals surface area contributed by atoms with Gasteiger partial charge in [-0.2, -0.15) is 0 Å². The molecule has 5 nitrogen and oxygen atoms in total. The molecular formula is C14H16N2O3S. The molecule has 2 rings (SSSR count). The SMILES string of the molecule is CC(CO)NC(=O)c1cccc(OCc2cscn2)c1. The first-order valence-electron chi connectivity index (χ1n) is 6.20. The fourth-order valence-corrected chi connectivity index (χ4v) is 2.09. The van der Waals surface area contributed by atoms with Gasteiger partial charge in [-0.3, -0.25) is 4.79 Å². The lowest BCUT2D eigenvalue weighted by Crippen LogP contribution is -2.34. The maximum Gasteiger partial charge on any atom is 0.251 e. The molecule has 0 aliphatic rings. The molecule has 1 aromatic carbocycles. The van der Waals surface area contributed by atoms with E-state index in [1.165, 1.54) is 11.3 Å². The van der Waals surface area contributed by atoms with Crippen molar-refractivity contribution in [2.75, 3.05) is 6.61 Å². The fraction of sp³-hybridized carbons (Fsp3) is 0.286. The molecule has 1 aromatic heterocycles. The first kappa shape index (κ1) is 14.5. The van der Waals surface area contributed by atoms with E-state index in [1.807, 2.05) is 5.38 Å². The number of carbonyl (C=O) groups is 1. The number of nitrogens with zero attached hydrogens (tertiary/aromatic N) is 1. The molecule has 0 radical (unpaired) electrons. The lowest BCUT2D eigenvalue weighted by molar-refractivity contribution is 0.0922. The normalized spacial score (nSPS) is 11.9. The summed E-state index contributed by atoms with van der Waals surface area (Å²) >= 11 is 1.51. The number of nitrogens with one attached hydrogen (secondary N) is 1. The molecule has 0 spiro atoms. The van der Waals surface area contributed by atoms with Gasteiger partial charge in [0.25, 0.3) is 5.91 Å². The third-order valence-corrected chi connectivity index (χ3v) is 3.25. The summed E-state index contributed by atoms with van der Waals surface area (Å²) in [5.74, 6) is 0.382. The van der Waals surface area contributed by atoms with Crippen molar-refractivity contribution in [3.63, 3.8) is 0 Å². The standard InChI is InChI=1S/C14H16N2O3S/c1-10(6-17)16-14(18)11-3-2-4-13(5-11)19-7-12-8-20-9-15-12/h2-5,8-10,17H,6-7H2,1H3,(H,16,18). The second kappa shape index (κ2) is 7.02. The van der Waals surface area contributed by atoms with Gasteiger partial charge in [-0.1, -0.05) is 6.07 Å². The Balaban J connectivity index is 1.98. The summed E-state index contributed by atoms with van der Waals surface area (Å²) in [4.78, 5) is 16.0. The summed E-state index contributed by atoms with van der Waals surface area (Å²) in [5, 5.41) is 13.5. The van der Waals surface area contributed by atoms with Gasteiger partial charge in [-0.15, -0.1) is 11.3 Å². The van der Waals surface area contributed by atoms with E-state index in [0.717, 1.165) is 5.69 Å². The van der Waals surface area contributed by atoms with Crippen LogP contribution in [0.2, 0.25) is 0 Å². The fourth-order valence-electron chi connectivity index (χ4n) is 1.55. The Labute approximate surface area is 121 Å². The van der Waals surface area contributed by atoms with Crippen LogP contribution in [-0.4, -0.2) is 28.6 Å². The van der Waals surface area contributed by atoms with Crippen molar-refractivity contribution in [3.05, 3.63) is 46.4 Å². The average Bonchev–Trinajstić information content (AvgIpc) is 2.98. The van der Waals surface area contributed by atoms with Crippen LogP contribution in [0.3, 0.4) is 0 Å². The molecule has 0 saturated carbocycles. The van der Waals surface area contributed by atoms with E-state index >= 15 is 0 Å². The highest BCUT2D eigenvalue weighted by molar-refractivity contribution is 7.07. The van der Waals surface area contributed by atoms with E-state index in [9.17, 15) is 4.79 Å². The molecule has 0 aliphatic heterocycles. The molecule has 2 N–H and O–H groups in total. The molecule has 2 aromatic rings. The van der Waals surface area contributed by atoms with Crippen molar-refractivity contribution in [1.82, 2.24) is 10.3 Å². The predicted octanol–water partition coefficient (Wildman–Crippen LogP) is 1.83. The first-order valence-corrected chi connectivity index (χ1v) is 7.15. The lowest BCUT2D eigenvalue weighted by Gasteiger charge is -2.11. The van der Waals surface area contributed by atoms with Crippen molar-refractivity contribution in [2.45, 2.75) is 19.6 Å². The van der Waals surface area contributed by atoms with Crippen LogP contribution in [0.1, 0.15) is 23.0 Å². The van der Waals surface area contributed by atoms with Gasteiger partial charge in [-0.05, 0) is 25.1 Å². The van der Waals surface area contributed by atoms with Crippen LogP contribution in [0.25, 0.3) is 0 Å². The maximum atomic E-state index is 11.9. The summed E-state index contributed by atoms with van der Waals surface area (Å²) in [5.41, 5.74) is 3.11. The third-order valence-electron chi connectivity index (χ3n) is 2.62. The van der Waals surface area contributed by atoms with E-state index in [1.54, 1.807) is 36.7 Å². The van der Waals surface area contributed by atoms with Gasteiger partial charge in [0, 0.05) is 17.0 Å². The minimum atomic E-state index is -0.276. The highest BCUT2D eigenvalue weighted by Crippen LogP contribution is 2.15. The van der Waals surface area contributed by atoms with Crippen molar-refractivity contribution in [1.29, 1.82) is 0 Å². The Bertz CT molecular complexity index is 557. The number of benzene rings is 1. The largest absolute Gasteiger partial charge is 0.487 e. The molecule has 20 heavy (non-hydrogen) atoms. The van der Waals surface area contributed by atoms with Crippen LogP contribution in [-0.2, 0) is 6.61 Å². The quantitative estimate of drug-likeness (QED) is 0.852. The van der Waals surface area contributed by atoms with Gasteiger partial charge in [0.15, 0.2) is 0 Å². The average molecular weight is 292 g/mol. The molecule has 6 heteroatoms. The van der Waals surface area contributed by atoms with Gasteiger partial charge in [0.1, 0.15) is 12.4 Å². The molecule has 0 saturated heterocycles. The van der Waals surface area contributed by atoms with Crippen LogP contribution in [0.15, 0.2) is 35.2 Å². The Morgan fingerprint density at radius 1 is 1.55 bits per heavy atom. The van der Waals surface area contributed by atoms with Crippen molar-refractivity contribution in [3.8, 4) is 5.75 Å². The molecule has 1 unspecified atom stereocenters. The molecule has 1 amide bonds. The molecular weight excluding hydrogens is 276 g/mol. The number of aliphatic hydroxyl groups excluding tert-OH is 1. The summed E-state index contributed by atoms with van der Waals surface area (Å²) in [7, 11) is 0. The second-order valence-corrected chi connectivity index (χ2v) is 5.07. The topological polar surface area (TPSA) is 71.5 Å². The molecule has 0 fully saturated rings. The highest BCUT2D eigenvalue weighted by atomic mass is 32.1. The number of ether oxygens (including phenoxy) is 1. The molecule has 0 aliphatic carbocycles. The minimum absolute atomic E-state index is 0.0915. The van der Waals surface area contributed by atoms with Crippen LogP contribution in [0.4, 0.5) is 0 Å². The lowest BCUT2D eigenvalue weighted by atomic mass is 10.2. The number of carbonyl (C=O) groups excluding carboxylic acids is 1. The number of aromatic nitrogens is 1. The number of thiazole rings is 1. The number of hydrogen-bond acceptors (Lipinski definition) is 5. The summed E-state index contributed by atoms with van der Waals surface area (Å²) < 4.78 is 5.59. The molecule has 1 atom stereocenters. The second-order valence-electron chi connectivity index (χ2n) is 4.35. The highest BCUT2D eigenvalue weighted by Gasteiger charge is 2.09. The zero-order valence-corrected chi connectivity index (χ0v) is 11.9. The predicted molar refractivity (Wildman–Crippen MR) is 76.9 cm³/mol. The van der Waals surface area contributed by atoms with E-state index in [4.69, 9.17) is 9.84 Å². The van der Waals surface area contributed by atoms with Crippen molar-refractivity contribution < 1.29 is 14.6 Å². The van der Waals surface area contributed by atoms with Crippen molar-refractivity contribution in [2.24, 2.45) is 0 Å². The number of rotatable bonds is 6. The van der Waals surface area contributed by atoms with Gasteiger partial charge >= 0.3 is 0 Å². The Kier molecular flexibility index (Phi) is 5.09.